The van der Waals surface area contributed by atoms with Crippen molar-refractivity contribution in [1.29, 1.82) is 5.26 Å². The normalized spacial score (nSPS) is 10.0. The Bertz CT molecular complexity index is 647. The Labute approximate surface area is 120 Å². The highest BCUT2D eigenvalue weighted by Crippen LogP contribution is 2.26. The fourth-order valence-corrected chi connectivity index (χ4v) is 2.66. The highest BCUT2D eigenvalue weighted by Gasteiger charge is 2.16. The SMILES string of the molecule is CCN(Cc1cccs1)c1ccc(C#N)c([N+](=O)[O-])c1. The van der Waals surface area contributed by atoms with Gasteiger partial charge in [-0.3, -0.25) is 10.1 Å². The fraction of sp³-hybridized carbons (Fsp3) is 0.214. The Hall–Kier alpha value is -2.39. The van der Waals surface area contributed by atoms with Gasteiger partial charge in [-0.15, -0.1) is 11.3 Å². The molecule has 0 spiro atoms. The first-order valence-electron chi connectivity index (χ1n) is 6.11. The van der Waals surface area contributed by atoms with Gasteiger partial charge in [0.1, 0.15) is 11.6 Å². The topological polar surface area (TPSA) is 70.2 Å². The highest BCUT2D eigenvalue weighted by atomic mass is 32.1. The maximum Gasteiger partial charge on any atom is 0.289 e. The highest BCUT2D eigenvalue weighted by molar-refractivity contribution is 7.09. The van der Waals surface area contributed by atoms with Crippen molar-refractivity contribution in [2.24, 2.45) is 0 Å². The van der Waals surface area contributed by atoms with Gasteiger partial charge in [-0.25, -0.2) is 0 Å². The first-order chi connectivity index (χ1) is 9.65. The Morgan fingerprint density at radius 3 is 2.80 bits per heavy atom. The maximum atomic E-state index is 11.0. The quantitative estimate of drug-likeness (QED) is 0.622. The van der Waals surface area contributed by atoms with E-state index in [4.69, 9.17) is 5.26 Å². The molecule has 0 atom stereocenters. The summed E-state index contributed by atoms with van der Waals surface area (Å²) < 4.78 is 0. The van der Waals surface area contributed by atoms with Crippen LogP contribution in [0.25, 0.3) is 0 Å². The van der Waals surface area contributed by atoms with E-state index in [1.165, 1.54) is 17.0 Å². The summed E-state index contributed by atoms with van der Waals surface area (Å²) >= 11 is 1.65. The van der Waals surface area contributed by atoms with Crippen LogP contribution in [0, 0.1) is 21.4 Å². The minimum absolute atomic E-state index is 0.0888. The summed E-state index contributed by atoms with van der Waals surface area (Å²) in [5, 5.41) is 21.9. The molecule has 20 heavy (non-hydrogen) atoms. The van der Waals surface area contributed by atoms with Crippen molar-refractivity contribution in [3.8, 4) is 6.07 Å². The van der Waals surface area contributed by atoms with Gasteiger partial charge >= 0.3 is 0 Å². The van der Waals surface area contributed by atoms with Crippen LogP contribution >= 0.6 is 11.3 Å². The summed E-state index contributed by atoms with van der Waals surface area (Å²) in [6.07, 6.45) is 0. The van der Waals surface area contributed by atoms with Crippen LogP contribution in [0.15, 0.2) is 35.7 Å². The molecule has 102 valence electrons. The molecular formula is C14H13N3O2S. The molecule has 0 aliphatic rings. The Balaban J connectivity index is 2.33. The van der Waals surface area contributed by atoms with E-state index in [1.54, 1.807) is 17.4 Å². The van der Waals surface area contributed by atoms with E-state index < -0.39 is 4.92 Å². The van der Waals surface area contributed by atoms with Gasteiger partial charge in [-0.2, -0.15) is 5.26 Å². The number of benzene rings is 1. The molecule has 1 aromatic carbocycles. The second-order valence-corrected chi connectivity index (χ2v) is 5.20. The molecule has 0 bridgehead atoms. The molecule has 6 heteroatoms. The number of rotatable bonds is 5. The molecule has 0 radical (unpaired) electrons. The average Bonchev–Trinajstić information content (AvgIpc) is 2.97. The first kappa shape index (κ1) is 14.0. The van der Waals surface area contributed by atoms with Gasteiger partial charge in [0, 0.05) is 23.2 Å². The predicted molar refractivity (Wildman–Crippen MR) is 78.9 cm³/mol. The molecule has 0 unspecified atom stereocenters. The van der Waals surface area contributed by atoms with Gasteiger partial charge in [-0.05, 0) is 30.5 Å². The van der Waals surface area contributed by atoms with E-state index in [0.29, 0.717) is 6.54 Å². The zero-order chi connectivity index (χ0) is 14.5. The number of anilines is 1. The van der Waals surface area contributed by atoms with Crippen LogP contribution in [0.3, 0.4) is 0 Å². The lowest BCUT2D eigenvalue weighted by molar-refractivity contribution is -0.385. The molecule has 0 aliphatic heterocycles. The summed E-state index contributed by atoms with van der Waals surface area (Å²) in [4.78, 5) is 13.7. The third kappa shape index (κ3) is 2.95. The minimum atomic E-state index is -0.513. The smallest absolute Gasteiger partial charge is 0.289 e. The molecule has 0 N–H and O–H groups in total. The second-order valence-electron chi connectivity index (χ2n) is 4.16. The standard InChI is InChI=1S/C14H13N3O2S/c1-2-16(10-13-4-3-7-20-13)12-6-5-11(9-15)14(8-12)17(18)19/h3-8H,2,10H2,1H3. The average molecular weight is 287 g/mol. The Kier molecular flexibility index (Phi) is 4.33. The molecule has 1 heterocycles. The van der Waals surface area contributed by atoms with Crippen LogP contribution in [0.5, 0.6) is 0 Å². The summed E-state index contributed by atoms with van der Waals surface area (Å²) in [5.41, 5.74) is 0.701. The molecule has 5 nitrogen and oxygen atoms in total. The number of thiophene rings is 1. The van der Waals surface area contributed by atoms with Gasteiger partial charge in [0.25, 0.3) is 5.69 Å². The second kappa shape index (κ2) is 6.17. The number of nitro groups is 1. The van der Waals surface area contributed by atoms with Crippen LogP contribution in [0.4, 0.5) is 11.4 Å². The van der Waals surface area contributed by atoms with Crippen molar-refractivity contribution in [1.82, 2.24) is 0 Å². The van der Waals surface area contributed by atoms with Crippen LogP contribution in [0.2, 0.25) is 0 Å². The predicted octanol–water partition coefficient (Wildman–Crippen LogP) is 3.55. The zero-order valence-electron chi connectivity index (χ0n) is 10.9. The number of hydrogen-bond donors (Lipinski definition) is 0. The fourth-order valence-electron chi connectivity index (χ4n) is 1.94. The molecule has 0 saturated carbocycles. The zero-order valence-corrected chi connectivity index (χ0v) is 11.8. The van der Waals surface area contributed by atoms with Crippen LogP contribution < -0.4 is 4.90 Å². The third-order valence-corrected chi connectivity index (χ3v) is 3.83. The first-order valence-corrected chi connectivity index (χ1v) is 6.99. The lowest BCUT2D eigenvalue weighted by Gasteiger charge is -2.22. The van der Waals surface area contributed by atoms with Crippen molar-refractivity contribution < 1.29 is 4.92 Å². The monoisotopic (exact) mass is 287 g/mol. The van der Waals surface area contributed by atoms with E-state index in [9.17, 15) is 10.1 Å². The van der Waals surface area contributed by atoms with E-state index in [0.717, 1.165) is 12.2 Å². The van der Waals surface area contributed by atoms with Crippen molar-refractivity contribution in [3.63, 3.8) is 0 Å². The van der Waals surface area contributed by atoms with E-state index >= 15 is 0 Å². The number of nitriles is 1. The molecule has 0 amide bonds. The van der Waals surface area contributed by atoms with Crippen molar-refractivity contribution >= 4 is 22.7 Å². The number of nitrogens with zero attached hydrogens (tertiary/aromatic N) is 3. The molecule has 0 fully saturated rings. The van der Waals surface area contributed by atoms with Gasteiger partial charge in [0.05, 0.1) is 11.5 Å². The molecule has 2 rings (SSSR count). The van der Waals surface area contributed by atoms with Crippen molar-refractivity contribution in [2.45, 2.75) is 13.5 Å². The van der Waals surface area contributed by atoms with Gasteiger partial charge in [0.15, 0.2) is 0 Å². The van der Waals surface area contributed by atoms with E-state index in [2.05, 4.69) is 0 Å². The Morgan fingerprint density at radius 2 is 2.25 bits per heavy atom. The molecular weight excluding hydrogens is 274 g/mol. The van der Waals surface area contributed by atoms with E-state index in [1.807, 2.05) is 35.4 Å². The lowest BCUT2D eigenvalue weighted by atomic mass is 10.1. The van der Waals surface area contributed by atoms with E-state index in [-0.39, 0.29) is 11.3 Å². The lowest BCUT2D eigenvalue weighted by Crippen LogP contribution is -2.21. The molecule has 1 aromatic heterocycles. The van der Waals surface area contributed by atoms with Crippen LogP contribution in [-0.2, 0) is 6.54 Å². The van der Waals surface area contributed by atoms with Crippen molar-refractivity contribution in [3.05, 3.63) is 56.3 Å². The van der Waals surface area contributed by atoms with Crippen molar-refractivity contribution in [2.75, 3.05) is 11.4 Å². The number of hydrogen-bond acceptors (Lipinski definition) is 5. The Morgan fingerprint density at radius 1 is 1.45 bits per heavy atom. The number of nitro benzene ring substituents is 1. The minimum Gasteiger partial charge on any atom is -0.366 e. The molecule has 2 aromatic rings. The molecule has 0 aliphatic carbocycles. The summed E-state index contributed by atoms with van der Waals surface area (Å²) in [6, 6.07) is 10.6. The summed E-state index contributed by atoms with van der Waals surface area (Å²) in [6.45, 7) is 3.44. The summed E-state index contributed by atoms with van der Waals surface area (Å²) in [5.74, 6) is 0. The third-order valence-electron chi connectivity index (χ3n) is 2.97. The van der Waals surface area contributed by atoms with Crippen LogP contribution in [-0.4, -0.2) is 11.5 Å². The molecule has 0 saturated heterocycles. The summed E-state index contributed by atoms with van der Waals surface area (Å²) in [7, 11) is 0. The maximum absolute atomic E-state index is 11.0. The van der Waals surface area contributed by atoms with Gasteiger partial charge in [-0.1, -0.05) is 6.07 Å². The van der Waals surface area contributed by atoms with Gasteiger partial charge in [0.2, 0.25) is 0 Å². The van der Waals surface area contributed by atoms with Crippen LogP contribution in [0.1, 0.15) is 17.4 Å². The van der Waals surface area contributed by atoms with Gasteiger partial charge < -0.3 is 4.90 Å². The largest absolute Gasteiger partial charge is 0.366 e.